The van der Waals surface area contributed by atoms with E-state index in [1.807, 2.05) is 25.7 Å². The molecule has 2 aliphatic heterocycles. The molecule has 0 radical (unpaired) electrons. The summed E-state index contributed by atoms with van der Waals surface area (Å²) in [6.07, 6.45) is 0.831. The number of piperidine rings is 1. The minimum absolute atomic E-state index is 0.176. The molecule has 4 heteroatoms. The van der Waals surface area contributed by atoms with Crippen LogP contribution < -0.4 is 5.32 Å². The number of fused-ring (bicyclic) bond motifs is 1. The molecule has 1 N–H and O–H groups in total. The van der Waals surface area contributed by atoms with Gasteiger partial charge in [-0.15, -0.1) is 0 Å². The van der Waals surface area contributed by atoms with E-state index in [0.717, 1.165) is 26.1 Å². The second kappa shape index (κ2) is 5.92. The second-order valence-corrected chi connectivity index (χ2v) is 7.41. The number of carbonyl (C=O) groups is 1. The van der Waals surface area contributed by atoms with Gasteiger partial charge in [0.15, 0.2) is 0 Å². The minimum Gasteiger partial charge on any atom is -0.444 e. The van der Waals surface area contributed by atoms with E-state index in [4.69, 9.17) is 4.74 Å². The zero-order valence-corrected chi connectivity index (χ0v) is 13.7. The van der Waals surface area contributed by atoms with Crippen molar-refractivity contribution in [3.63, 3.8) is 0 Å². The van der Waals surface area contributed by atoms with Gasteiger partial charge in [-0.3, -0.25) is 0 Å². The van der Waals surface area contributed by atoms with Crippen molar-refractivity contribution in [3.05, 3.63) is 35.9 Å². The topological polar surface area (TPSA) is 41.6 Å². The SMILES string of the molecule is CC(C)(C)OC(=O)N1CC[C@@H]2NC[C@@H](c3ccccc3)[C@@H]2C1. The van der Waals surface area contributed by atoms with E-state index in [1.54, 1.807) is 0 Å². The van der Waals surface area contributed by atoms with E-state index in [2.05, 4.69) is 35.6 Å². The molecule has 4 nitrogen and oxygen atoms in total. The van der Waals surface area contributed by atoms with Gasteiger partial charge in [0.25, 0.3) is 0 Å². The molecule has 0 bridgehead atoms. The number of amides is 1. The lowest BCUT2D eigenvalue weighted by Crippen LogP contribution is -2.49. The van der Waals surface area contributed by atoms with Crippen LogP contribution in [0.5, 0.6) is 0 Å². The highest BCUT2D eigenvalue weighted by molar-refractivity contribution is 5.68. The molecule has 1 amide bonds. The highest BCUT2D eigenvalue weighted by Crippen LogP contribution is 2.36. The van der Waals surface area contributed by atoms with Gasteiger partial charge in [0.05, 0.1) is 0 Å². The summed E-state index contributed by atoms with van der Waals surface area (Å²) in [7, 11) is 0. The third-order valence-electron chi connectivity index (χ3n) is 4.65. The first-order chi connectivity index (χ1) is 10.4. The summed E-state index contributed by atoms with van der Waals surface area (Å²) < 4.78 is 5.53. The Kier molecular flexibility index (Phi) is 4.13. The number of hydrogen-bond acceptors (Lipinski definition) is 3. The Labute approximate surface area is 132 Å². The number of nitrogens with one attached hydrogen (secondary N) is 1. The van der Waals surface area contributed by atoms with Gasteiger partial charge in [0.1, 0.15) is 5.60 Å². The largest absolute Gasteiger partial charge is 0.444 e. The van der Waals surface area contributed by atoms with Crippen molar-refractivity contribution in [2.45, 2.75) is 44.8 Å². The zero-order chi connectivity index (χ0) is 15.7. The van der Waals surface area contributed by atoms with E-state index >= 15 is 0 Å². The lowest BCUT2D eigenvalue weighted by molar-refractivity contribution is 0.0149. The summed E-state index contributed by atoms with van der Waals surface area (Å²) in [6.45, 7) is 8.32. The minimum atomic E-state index is -0.430. The molecule has 0 aromatic heterocycles. The number of benzene rings is 1. The van der Waals surface area contributed by atoms with Crippen molar-refractivity contribution in [1.29, 1.82) is 0 Å². The molecular formula is C18H26N2O2. The molecule has 1 aromatic carbocycles. The van der Waals surface area contributed by atoms with Gasteiger partial charge in [0, 0.05) is 37.5 Å². The summed E-state index contributed by atoms with van der Waals surface area (Å²) in [5, 5.41) is 3.64. The fraction of sp³-hybridized carbons (Fsp3) is 0.611. The maximum atomic E-state index is 12.3. The number of carbonyl (C=O) groups excluding carboxylic acids is 1. The Bertz CT molecular complexity index is 524. The predicted molar refractivity (Wildman–Crippen MR) is 86.9 cm³/mol. The molecule has 2 saturated heterocycles. The van der Waals surface area contributed by atoms with Crippen LogP contribution in [-0.2, 0) is 4.74 Å². The average molecular weight is 302 g/mol. The second-order valence-electron chi connectivity index (χ2n) is 7.41. The van der Waals surface area contributed by atoms with Crippen molar-refractivity contribution in [1.82, 2.24) is 10.2 Å². The Morgan fingerprint density at radius 3 is 2.68 bits per heavy atom. The van der Waals surface area contributed by atoms with Gasteiger partial charge >= 0.3 is 6.09 Å². The molecule has 0 spiro atoms. The van der Waals surface area contributed by atoms with Crippen LogP contribution in [0.4, 0.5) is 4.79 Å². The molecule has 2 fully saturated rings. The molecule has 0 saturated carbocycles. The quantitative estimate of drug-likeness (QED) is 0.867. The standard InChI is InChI=1S/C18H26N2O2/c1-18(2,3)22-17(21)20-10-9-16-15(12-20)14(11-19-16)13-7-5-4-6-8-13/h4-8,14-16,19H,9-12H2,1-3H3/t14-,15-,16-/m0/s1. The van der Waals surface area contributed by atoms with E-state index in [0.29, 0.717) is 17.9 Å². The van der Waals surface area contributed by atoms with Crippen LogP contribution in [-0.4, -0.2) is 42.3 Å². The molecule has 3 atom stereocenters. The van der Waals surface area contributed by atoms with E-state index in [1.165, 1.54) is 5.56 Å². The monoisotopic (exact) mass is 302 g/mol. The smallest absolute Gasteiger partial charge is 0.410 e. The van der Waals surface area contributed by atoms with Crippen molar-refractivity contribution < 1.29 is 9.53 Å². The van der Waals surface area contributed by atoms with Crippen LogP contribution in [0.3, 0.4) is 0 Å². The third kappa shape index (κ3) is 3.27. The first-order valence-electron chi connectivity index (χ1n) is 8.20. The van der Waals surface area contributed by atoms with Gasteiger partial charge in [-0.05, 0) is 32.8 Å². The number of likely N-dealkylation sites (tertiary alicyclic amines) is 1. The van der Waals surface area contributed by atoms with Crippen molar-refractivity contribution >= 4 is 6.09 Å². The van der Waals surface area contributed by atoms with Gasteiger partial charge in [0.2, 0.25) is 0 Å². The van der Waals surface area contributed by atoms with Gasteiger partial charge in [-0.1, -0.05) is 30.3 Å². The highest BCUT2D eigenvalue weighted by atomic mass is 16.6. The predicted octanol–water partition coefficient (Wildman–Crippen LogP) is 3.00. The molecule has 1 aromatic rings. The molecule has 0 unspecified atom stereocenters. The average Bonchev–Trinajstić information content (AvgIpc) is 2.89. The Morgan fingerprint density at radius 2 is 2.00 bits per heavy atom. The molecule has 2 aliphatic rings. The van der Waals surface area contributed by atoms with Crippen molar-refractivity contribution in [3.8, 4) is 0 Å². The number of hydrogen-bond donors (Lipinski definition) is 1. The summed E-state index contributed by atoms with van der Waals surface area (Å²) in [6, 6.07) is 11.2. The van der Waals surface area contributed by atoms with E-state index in [9.17, 15) is 4.79 Å². The van der Waals surface area contributed by atoms with E-state index < -0.39 is 5.60 Å². The lowest BCUT2D eigenvalue weighted by atomic mass is 9.82. The normalized spacial score (nSPS) is 28.3. The fourth-order valence-electron chi connectivity index (χ4n) is 3.63. The third-order valence-corrected chi connectivity index (χ3v) is 4.65. The molecule has 22 heavy (non-hydrogen) atoms. The summed E-state index contributed by atoms with van der Waals surface area (Å²) in [5.74, 6) is 0.958. The van der Waals surface area contributed by atoms with Crippen LogP contribution in [0, 0.1) is 5.92 Å². The zero-order valence-electron chi connectivity index (χ0n) is 13.7. The van der Waals surface area contributed by atoms with Crippen molar-refractivity contribution in [2.75, 3.05) is 19.6 Å². The Hall–Kier alpha value is -1.55. The highest BCUT2D eigenvalue weighted by Gasteiger charge is 2.42. The molecular weight excluding hydrogens is 276 g/mol. The van der Waals surface area contributed by atoms with Crippen LogP contribution in [0.2, 0.25) is 0 Å². The maximum absolute atomic E-state index is 12.3. The van der Waals surface area contributed by atoms with Gasteiger partial charge in [-0.25, -0.2) is 4.79 Å². The number of ether oxygens (including phenoxy) is 1. The van der Waals surface area contributed by atoms with Gasteiger partial charge in [-0.2, -0.15) is 0 Å². The number of rotatable bonds is 1. The Morgan fingerprint density at radius 1 is 1.27 bits per heavy atom. The molecule has 2 heterocycles. The first-order valence-corrected chi connectivity index (χ1v) is 8.20. The fourth-order valence-corrected chi connectivity index (χ4v) is 3.63. The van der Waals surface area contributed by atoms with Crippen LogP contribution in [0.15, 0.2) is 30.3 Å². The lowest BCUT2D eigenvalue weighted by Gasteiger charge is -2.37. The van der Waals surface area contributed by atoms with Crippen LogP contribution in [0.25, 0.3) is 0 Å². The van der Waals surface area contributed by atoms with Gasteiger partial charge < -0.3 is 15.0 Å². The molecule has 120 valence electrons. The number of nitrogens with zero attached hydrogens (tertiary/aromatic N) is 1. The van der Waals surface area contributed by atoms with Crippen LogP contribution in [0.1, 0.15) is 38.7 Å². The maximum Gasteiger partial charge on any atom is 0.410 e. The summed E-state index contributed by atoms with van der Waals surface area (Å²) in [5.41, 5.74) is 0.939. The molecule has 3 rings (SSSR count). The van der Waals surface area contributed by atoms with Crippen molar-refractivity contribution in [2.24, 2.45) is 5.92 Å². The summed E-state index contributed by atoms with van der Waals surface area (Å²) >= 11 is 0. The molecule has 0 aliphatic carbocycles. The van der Waals surface area contributed by atoms with E-state index in [-0.39, 0.29) is 6.09 Å². The van der Waals surface area contributed by atoms with Crippen LogP contribution >= 0.6 is 0 Å². The Balaban J connectivity index is 1.70. The summed E-state index contributed by atoms with van der Waals surface area (Å²) in [4.78, 5) is 14.2. The first kappa shape index (κ1) is 15.3.